The van der Waals surface area contributed by atoms with Gasteiger partial charge in [-0.05, 0) is 55.7 Å². The maximum atomic E-state index is 14.2. The minimum absolute atomic E-state index is 0.0242. The van der Waals surface area contributed by atoms with E-state index >= 15 is 0 Å². The summed E-state index contributed by atoms with van der Waals surface area (Å²) < 4.78 is 40.0. The molecule has 0 aliphatic heterocycles. The molecule has 1 atom stereocenters. The normalized spacial score (nSPS) is 11.9. The van der Waals surface area contributed by atoms with Gasteiger partial charge >= 0.3 is 0 Å². The van der Waals surface area contributed by atoms with Crippen molar-refractivity contribution in [3.8, 4) is 11.5 Å². The summed E-state index contributed by atoms with van der Waals surface area (Å²) in [5.41, 5.74) is 1.86. The monoisotopic (exact) mass is 629 g/mol. The molecular formula is C32H40ClN3O6S. The van der Waals surface area contributed by atoms with E-state index in [1.54, 1.807) is 48.5 Å². The van der Waals surface area contributed by atoms with E-state index in [9.17, 15) is 18.0 Å². The number of aryl methyl sites for hydroxylation is 1. The standard InChI is InChI=1S/C32H40ClN3O6S/c1-6-8-19-34-32(38)28(7-2)35(21-24-11-9-10-12-27(24)33)31(37)22-36(25-15-13-23(3)14-16-25)43(39,40)26-17-18-29(41-4)30(20-26)42-5/h9-18,20,28H,6-8,19,21-22H2,1-5H3,(H,34,38)/t28-/m0/s1. The molecule has 0 fully saturated rings. The minimum atomic E-state index is -4.28. The Morgan fingerprint density at radius 2 is 1.63 bits per heavy atom. The van der Waals surface area contributed by atoms with Gasteiger partial charge in [-0.3, -0.25) is 13.9 Å². The number of carbonyl (C=O) groups excluding carboxylic acids is 2. The molecule has 0 saturated heterocycles. The number of unbranched alkanes of at least 4 members (excludes halogenated alkanes) is 1. The number of nitrogens with one attached hydrogen (secondary N) is 1. The molecule has 2 amide bonds. The molecule has 0 aromatic heterocycles. The molecule has 11 heteroatoms. The van der Waals surface area contributed by atoms with Crippen molar-refractivity contribution in [2.45, 2.75) is 57.5 Å². The summed E-state index contributed by atoms with van der Waals surface area (Å²) in [6.45, 7) is 5.67. The highest BCUT2D eigenvalue weighted by Crippen LogP contribution is 2.32. The van der Waals surface area contributed by atoms with Crippen molar-refractivity contribution in [1.29, 1.82) is 0 Å². The predicted octanol–water partition coefficient (Wildman–Crippen LogP) is 5.58. The number of hydrogen-bond donors (Lipinski definition) is 1. The smallest absolute Gasteiger partial charge is 0.264 e. The van der Waals surface area contributed by atoms with E-state index in [-0.39, 0.29) is 23.1 Å². The first-order chi connectivity index (χ1) is 20.6. The van der Waals surface area contributed by atoms with Crippen LogP contribution in [0.5, 0.6) is 11.5 Å². The van der Waals surface area contributed by atoms with Gasteiger partial charge < -0.3 is 19.7 Å². The second-order valence-electron chi connectivity index (χ2n) is 10.0. The van der Waals surface area contributed by atoms with E-state index in [0.29, 0.717) is 35.0 Å². The average molecular weight is 630 g/mol. The third kappa shape index (κ3) is 8.42. The van der Waals surface area contributed by atoms with Crippen molar-refractivity contribution in [1.82, 2.24) is 10.2 Å². The lowest BCUT2D eigenvalue weighted by atomic mass is 10.1. The Morgan fingerprint density at radius 3 is 2.23 bits per heavy atom. The summed E-state index contributed by atoms with van der Waals surface area (Å²) in [6, 6.07) is 17.3. The number of amides is 2. The van der Waals surface area contributed by atoms with Gasteiger partial charge in [-0.2, -0.15) is 0 Å². The van der Waals surface area contributed by atoms with Gasteiger partial charge in [0, 0.05) is 24.2 Å². The van der Waals surface area contributed by atoms with E-state index in [0.717, 1.165) is 22.7 Å². The fourth-order valence-electron chi connectivity index (χ4n) is 4.58. The van der Waals surface area contributed by atoms with Gasteiger partial charge in [0.2, 0.25) is 11.8 Å². The number of hydrogen-bond acceptors (Lipinski definition) is 6. The highest BCUT2D eigenvalue weighted by molar-refractivity contribution is 7.92. The van der Waals surface area contributed by atoms with Crippen molar-refractivity contribution >= 4 is 39.1 Å². The quantitative estimate of drug-likeness (QED) is 0.220. The van der Waals surface area contributed by atoms with Crippen LogP contribution in [0, 0.1) is 6.92 Å². The molecule has 43 heavy (non-hydrogen) atoms. The van der Waals surface area contributed by atoms with E-state index in [2.05, 4.69) is 5.32 Å². The van der Waals surface area contributed by atoms with E-state index < -0.39 is 28.5 Å². The average Bonchev–Trinajstić information content (AvgIpc) is 3.00. The number of benzene rings is 3. The number of carbonyl (C=O) groups is 2. The molecular weight excluding hydrogens is 590 g/mol. The number of halogens is 1. The highest BCUT2D eigenvalue weighted by Gasteiger charge is 2.34. The molecule has 0 bridgehead atoms. The maximum Gasteiger partial charge on any atom is 0.264 e. The van der Waals surface area contributed by atoms with Gasteiger partial charge in [0.15, 0.2) is 11.5 Å². The van der Waals surface area contributed by atoms with Crippen LogP contribution in [0.2, 0.25) is 5.02 Å². The minimum Gasteiger partial charge on any atom is -0.493 e. The zero-order valence-corrected chi connectivity index (χ0v) is 26.9. The topological polar surface area (TPSA) is 105 Å². The molecule has 3 aromatic rings. The van der Waals surface area contributed by atoms with Gasteiger partial charge in [0.05, 0.1) is 24.8 Å². The maximum absolute atomic E-state index is 14.2. The summed E-state index contributed by atoms with van der Waals surface area (Å²) in [7, 11) is -1.41. The lowest BCUT2D eigenvalue weighted by molar-refractivity contribution is -0.140. The van der Waals surface area contributed by atoms with Gasteiger partial charge in [0.1, 0.15) is 12.6 Å². The number of rotatable bonds is 15. The molecule has 0 unspecified atom stereocenters. The van der Waals surface area contributed by atoms with Crippen molar-refractivity contribution in [2.24, 2.45) is 0 Å². The molecule has 9 nitrogen and oxygen atoms in total. The third-order valence-corrected chi connectivity index (χ3v) is 9.20. The van der Waals surface area contributed by atoms with Crippen LogP contribution in [-0.4, -0.2) is 58.5 Å². The number of methoxy groups -OCH3 is 2. The number of anilines is 1. The zero-order valence-electron chi connectivity index (χ0n) is 25.3. The molecule has 0 spiro atoms. The van der Waals surface area contributed by atoms with Gasteiger partial charge in [-0.25, -0.2) is 8.42 Å². The Morgan fingerprint density at radius 1 is 0.953 bits per heavy atom. The van der Waals surface area contributed by atoms with E-state index in [4.69, 9.17) is 21.1 Å². The van der Waals surface area contributed by atoms with E-state index in [1.165, 1.54) is 37.3 Å². The van der Waals surface area contributed by atoms with Gasteiger partial charge in [0.25, 0.3) is 10.0 Å². The summed E-state index contributed by atoms with van der Waals surface area (Å²) in [4.78, 5) is 28.8. The van der Waals surface area contributed by atoms with Crippen molar-refractivity contribution in [3.05, 3.63) is 82.9 Å². The zero-order chi connectivity index (χ0) is 31.6. The van der Waals surface area contributed by atoms with Crippen molar-refractivity contribution < 1.29 is 27.5 Å². The van der Waals surface area contributed by atoms with Crippen LogP contribution in [-0.2, 0) is 26.2 Å². The largest absolute Gasteiger partial charge is 0.493 e. The third-order valence-electron chi connectivity index (χ3n) is 7.06. The fourth-order valence-corrected chi connectivity index (χ4v) is 6.21. The molecule has 3 rings (SSSR count). The molecule has 0 heterocycles. The predicted molar refractivity (Wildman–Crippen MR) is 169 cm³/mol. The first-order valence-electron chi connectivity index (χ1n) is 14.2. The molecule has 3 aromatic carbocycles. The Kier molecular flexibility index (Phi) is 12.3. The van der Waals surface area contributed by atoms with Gasteiger partial charge in [-0.1, -0.05) is 67.8 Å². The lowest BCUT2D eigenvalue weighted by Gasteiger charge is -2.33. The Bertz CT molecular complexity index is 1500. The molecule has 0 aliphatic carbocycles. The summed E-state index contributed by atoms with van der Waals surface area (Å²) in [5.74, 6) is -0.262. The highest BCUT2D eigenvalue weighted by atomic mass is 35.5. The molecule has 232 valence electrons. The first kappa shape index (κ1) is 33.7. The first-order valence-corrected chi connectivity index (χ1v) is 16.0. The second-order valence-corrected chi connectivity index (χ2v) is 12.3. The second kappa shape index (κ2) is 15.6. The van der Waals surface area contributed by atoms with Crippen LogP contribution >= 0.6 is 11.6 Å². The Balaban J connectivity index is 2.08. The lowest BCUT2D eigenvalue weighted by Crippen LogP contribution is -2.52. The molecule has 0 radical (unpaired) electrons. The Labute approximate surface area is 259 Å². The SMILES string of the molecule is CCCCNC(=O)[C@H](CC)N(Cc1ccccc1Cl)C(=O)CN(c1ccc(C)cc1)S(=O)(=O)c1ccc(OC)c(OC)c1. The number of ether oxygens (including phenoxy) is 2. The van der Waals surface area contributed by atoms with Crippen molar-refractivity contribution in [3.63, 3.8) is 0 Å². The van der Waals surface area contributed by atoms with Crippen LogP contribution in [0.3, 0.4) is 0 Å². The Hall–Kier alpha value is -3.76. The van der Waals surface area contributed by atoms with Crippen LogP contribution in [0.1, 0.15) is 44.2 Å². The number of nitrogens with zero attached hydrogens (tertiary/aromatic N) is 2. The van der Waals surface area contributed by atoms with Crippen LogP contribution in [0.15, 0.2) is 71.6 Å². The van der Waals surface area contributed by atoms with E-state index in [1.807, 2.05) is 20.8 Å². The van der Waals surface area contributed by atoms with Crippen LogP contribution in [0.25, 0.3) is 0 Å². The van der Waals surface area contributed by atoms with Crippen LogP contribution in [0.4, 0.5) is 5.69 Å². The molecule has 0 aliphatic rings. The summed E-state index contributed by atoms with van der Waals surface area (Å²) in [6.07, 6.45) is 2.02. The number of sulfonamides is 1. The summed E-state index contributed by atoms with van der Waals surface area (Å²) in [5, 5.41) is 3.36. The molecule has 0 saturated carbocycles. The van der Waals surface area contributed by atoms with Crippen LogP contribution < -0.4 is 19.1 Å². The van der Waals surface area contributed by atoms with Gasteiger partial charge in [-0.15, -0.1) is 0 Å². The fraction of sp³-hybridized carbons (Fsp3) is 0.375. The summed E-state index contributed by atoms with van der Waals surface area (Å²) >= 11 is 6.46. The molecule has 1 N–H and O–H groups in total. The van der Waals surface area contributed by atoms with Crippen molar-refractivity contribution in [2.75, 3.05) is 31.6 Å².